The third-order valence-electron chi connectivity index (χ3n) is 2.16. The van der Waals surface area contributed by atoms with Gasteiger partial charge in [0, 0.05) is 10.8 Å². The molecule has 0 amide bonds. The first-order chi connectivity index (χ1) is 8.28. The van der Waals surface area contributed by atoms with Gasteiger partial charge in [0.15, 0.2) is 0 Å². The van der Waals surface area contributed by atoms with Gasteiger partial charge in [-0.2, -0.15) is 10.5 Å². The van der Waals surface area contributed by atoms with E-state index in [1.165, 1.54) is 11.3 Å². The van der Waals surface area contributed by atoms with Gasteiger partial charge in [0.1, 0.15) is 0 Å². The van der Waals surface area contributed by atoms with E-state index in [0.717, 1.165) is 10.8 Å². The zero-order valence-electron chi connectivity index (χ0n) is 8.42. The van der Waals surface area contributed by atoms with Crippen LogP contribution in [0.5, 0.6) is 0 Å². The number of halogens is 2. The van der Waals surface area contributed by atoms with Gasteiger partial charge < -0.3 is 0 Å². The van der Waals surface area contributed by atoms with E-state index in [4.69, 9.17) is 10.5 Å². The van der Waals surface area contributed by atoms with E-state index in [1.807, 2.05) is 24.3 Å². The molecule has 2 rings (SSSR count). The second-order valence-electron chi connectivity index (χ2n) is 2.97. The van der Waals surface area contributed by atoms with Crippen molar-refractivity contribution >= 4 is 39.0 Å². The molecule has 0 aromatic heterocycles. The fourth-order valence-corrected chi connectivity index (χ4v) is 1.49. The molecule has 0 aliphatic heterocycles. The number of benzene rings is 2. The van der Waals surface area contributed by atoms with Crippen LogP contribution in [0.2, 0.25) is 0 Å². The number of nitrogens with zero attached hydrogens (tertiary/aromatic N) is 2. The topological polar surface area (TPSA) is 47.6 Å². The Hall–Kier alpha value is -0.841. The molecule has 0 saturated carbocycles. The van der Waals surface area contributed by atoms with Crippen molar-refractivity contribution in [3.05, 3.63) is 47.5 Å². The van der Waals surface area contributed by atoms with Crippen molar-refractivity contribution in [2.75, 3.05) is 0 Å². The minimum absolute atomic E-state index is 0.611. The summed E-state index contributed by atoms with van der Waals surface area (Å²) in [5.74, 6) is 0. The first-order valence-corrected chi connectivity index (χ1v) is 9.07. The van der Waals surface area contributed by atoms with Gasteiger partial charge in [-0.25, -0.2) is 0 Å². The van der Waals surface area contributed by atoms with Gasteiger partial charge in [-0.15, -0.1) is 0 Å². The van der Waals surface area contributed by atoms with Gasteiger partial charge in [0.2, 0.25) is 0 Å². The average Bonchev–Trinajstić information content (AvgIpc) is 2.38. The van der Waals surface area contributed by atoms with Crippen molar-refractivity contribution in [1.82, 2.24) is 0 Å². The van der Waals surface area contributed by atoms with E-state index in [0.29, 0.717) is 11.1 Å². The summed E-state index contributed by atoms with van der Waals surface area (Å²) < 4.78 is 0. The van der Waals surface area contributed by atoms with E-state index < -0.39 is 0 Å². The molecule has 17 heavy (non-hydrogen) atoms. The zero-order chi connectivity index (χ0) is 12.7. The SMILES string of the molecule is N#Cc1ccc(C#N)c2ccccc12.[Br][Cu][Br]. The predicted molar refractivity (Wildman–Crippen MR) is 71.2 cm³/mol. The maximum absolute atomic E-state index is 8.87. The van der Waals surface area contributed by atoms with Gasteiger partial charge in [-0.3, -0.25) is 0 Å². The maximum atomic E-state index is 8.87. The molecule has 0 unspecified atom stereocenters. The van der Waals surface area contributed by atoms with Crippen LogP contribution in [0.1, 0.15) is 11.1 Å². The van der Waals surface area contributed by atoms with Gasteiger partial charge in [0.05, 0.1) is 23.3 Å². The molecule has 0 atom stereocenters. The Morgan fingerprint density at radius 1 is 0.824 bits per heavy atom. The summed E-state index contributed by atoms with van der Waals surface area (Å²) in [7, 11) is 0. The third kappa shape index (κ3) is 3.56. The minimum atomic E-state index is 0.611. The standard InChI is InChI=1S/C12H6N2.2BrH.Cu/c13-7-9-5-6-10(8-14)12-4-2-1-3-11(9)12;;;/h1-6H;2*1H;/q;;;+2/p-2. The summed E-state index contributed by atoms with van der Waals surface area (Å²) >= 11 is 7.38. The molecule has 2 nitrogen and oxygen atoms in total. The number of rotatable bonds is 0. The Bertz CT molecular complexity index is 547. The Morgan fingerprint density at radius 3 is 1.47 bits per heavy atom. The monoisotopic (exact) mass is 399 g/mol. The molecule has 0 bridgehead atoms. The van der Waals surface area contributed by atoms with Crippen LogP contribution in [0.15, 0.2) is 36.4 Å². The quantitative estimate of drug-likeness (QED) is 0.619. The van der Waals surface area contributed by atoms with Crippen molar-refractivity contribution in [2.24, 2.45) is 0 Å². The van der Waals surface area contributed by atoms with Crippen LogP contribution >= 0.6 is 28.2 Å². The molecule has 0 radical (unpaired) electrons. The molecule has 0 spiro atoms. The van der Waals surface area contributed by atoms with Crippen LogP contribution < -0.4 is 0 Å². The van der Waals surface area contributed by atoms with E-state index in [1.54, 1.807) is 12.1 Å². The number of fused-ring (bicyclic) bond motifs is 1. The van der Waals surface area contributed by atoms with Crippen molar-refractivity contribution in [2.45, 2.75) is 0 Å². The molecular weight excluding hydrogens is 395 g/mol. The van der Waals surface area contributed by atoms with Crippen molar-refractivity contribution in [3.63, 3.8) is 0 Å². The predicted octanol–water partition coefficient (Wildman–Crippen LogP) is 4.27. The second kappa shape index (κ2) is 7.48. The summed E-state index contributed by atoms with van der Waals surface area (Å²) in [5.41, 5.74) is 1.22. The molecule has 2 aromatic rings. The molecule has 0 saturated heterocycles. The molecule has 0 heterocycles. The van der Waals surface area contributed by atoms with Gasteiger partial charge in [0.25, 0.3) is 0 Å². The number of hydrogen-bond acceptors (Lipinski definition) is 2. The van der Waals surface area contributed by atoms with Crippen LogP contribution in [-0.2, 0) is 11.3 Å². The molecule has 0 N–H and O–H groups in total. The molecule has 0 aliphatic rings. The van der Waals surface area contributed by atoms with Crippen LogP contribution in [0, 0.1) is 22.7 Å². The van der Waals surface area contributed by atoms with E-state index >= 15 is 0 Å². The number of nitriles is 2. The van der Waals surface area contributed by atoms with Crippen LogP contribution in [0.25, 0.3) is 10.8 Å². The van der Waals surface area contributed by atoms with Crippen LogP contribution in [0.4, 0.5) is 0 Å². The van der Waals surface area contributed by atoms with Crippen molar-refractivity contribution in [3.8, 4) is 12.1 Å². The fourth-order valence-electron chi connectivity index (χ4n) is 1.49. The molecular formula is C12H6Br2CuN2. The summed E-state index contributed by atoms with van der Waals surface area (Å²) in [6, 6.07) is 15.0. The molecule has 5 heteroatoms. The summed E-state index contributed by atoms with van der Waals surface area (Å²) in [5, 5.41) is 19.4. The van der Waals surface area contributed by atoms with E-state index in [9.17, 15) is 0 Å². The summed E-state index contributed by atoms with van der Waals surface area (Å²) in [6.07, 6.45) is 0. The second-order valence-corrected chi connectivity index (χ2v) is 7.72. The average molecular weight is 402 g/mol. The number of hydrogen-bond donors (Lipinski definition) is 0. The zero-order valence-corrected chi connectivity index (χ0v) is 12.5. The first kappa shape index (κ1) is 14.2. The molecule has 0 fully saturated rings. The van der Waals surface area contributed by atoms with Gasteiger partial charge >= 0.3 is 39.6 Å². The van der Waals surface area contributed by atoms with E-state index in [-0.39, 0.29) is 0 Å². The normalized spacial score (nSPS) is 8.94. The Labute approximate surface area is 120 Å². The summed E-state index contributed by atoms with van der Waals surface area (Å²) in [6.45, 7) is 0. The van der Waals surface area contributed by atoms with Gasteiger partial charge in [-0.1, -0.05) is 24.3 Å². The Balaban J connectivity index is 0.000000437. The molecule has 2 aromatic carbocycles. The Morgan fingerprint density at radius 2 is 1.18 bits per heavy atom. The van der Waals surface area contributed by atoms with Crippen LogP contribution in [-0.4, -0.2) is 0 Å². The summed E-state index contributed by atoms with van der Waals surface area (Å²) in [4.78, 5) is 0. The third-order valence-corrected chi connectivity index (χ3v) is 2.16. The molecule has 89 valence electrons. The van der Waals surface area contributed by atoms with Crippen molar-refractivity contribution < 1.29 is 11.3 Å². The van der Waals surface area contributed by atoms with E-state index in [2.05, 4.69) is 40.4 Å². The molecule has 0 aliphatic carbocycles. The van der Waals surface area contributed by atoms with Crippen molar-refractivity contribution in [1.29, 1.82) is 10.5 Å². The van der Waals surface area contributed by atoms with Gasteiger partial charge in [-0.05, 0) is 12.1 Å². The fraction of sp³-hybridized carbons (Fsp3) is 0. The first-order valence-electron chi connectivity index (χ1n) is 4.41. The Kier molecular flexibility index (Phi) is 6.26. The van der Waals surface area contributed by atoms with Crippen LogP contribution in [0.3, 0.4) is 0 Å².